The zero-order valence-corrected chi connectivity index (χ0v) is 17.4. The lowest BCUT2D eigenvalue weighted by molar-refractivity contribution is 0.374. The zero-order valence-electron chi connectivity index (χ0n) is 17.4. The van der Waals surface area contributed by atoms with E-state index in [2.05, 4.69) is 82.6 Å². The summed E-state index contributed by atoms with van der Waals surface area (Å²) >= 11 is 0. The number of hydrogen-bond acceptors (Lipinski definition) is 4. The fraction of sp³-hybridized carbons (Fsp3) is 0.360. The number of rotatable bonds is 6. The van der Waals surface area contributed by atoms with E-state index in [1.54, 1.807) is 12.4 Å². The number of nitrogens with one attached hydrogen (secondary N) is 1. The van der Waals surface area contributed by atoms with Crippen LogP contribution in [-0.4, -0.2) is 35.1 Å². The first-order chi connectivity index (χ1) is 14.2. The number of nitrogens with zero attached hydrogens (tertiary/aromatic N) is 3. The molecule has 1 aromatic heterocycles. The second-order valence-electron chi connectivity index (χ2n) is 8.10. The minimum Gasteiger partial charge on any atom is -0.371 e. The number of anilines is 1. The maximum absolute atomic E-state index is 4.39. The molecule has 1 N–H and O–H groups in total. The van der Waals surface area contributed by atoms with Gasteiger partial charge in [-0.25, -0.2) is 0 Å². The summed E-state index contributed by atoms with van der Waals surface area (Å²) < 4.78 is 0. The lowest BCUT2D eigenvalue weighted by Crippen LogP contribution is -2.46. The Morgan fingerprint density at radius 3 is 2.66 bits per heavy atom. The van der Waals surface area contributed by atoms with Gasteiger partial charge < -0.3 is 10.2 Å². The molecule has 4 rings (SSSR count). The fourth-order valence-corrected chi connectivity index (χ4v) is 4.28. The van der Waals surface area contributed by atoms with Gasteiger partial charge in [0.2, 0.25) is 0 Å². The molecule has 0 saturated carbocycles. The largest absolute Gasteiger partial charge is 0.371 e. The van der Waals surface area contributed by atoms with Crippen LogP contribution in [0.4, 0.5) is 5.69 Å². The van der Waals surface area contributed by atoms with Gasteiger partial charge in [-0.2, -0.15) is 0 Å². The van der Waals surface area contributed by atoms with Crippen molar-refractivity contribution in [3.05, 3.63) is 78.4 Å². The lowest BCUT2D eigenvalue weighted by atomic mass is 9.98. The Morgan fingerprint density at radius 2 is 1.90 bits per heavy atom. The number of aromatic nitrogens is 2. The molecule has 1 atom stereocenters. The molecule has 2 aromatic carbocycles. The molecule has 150 valence electrons. The van der Waals surface area contributed by atoms with Crippen molar-refractivity contribution in [1.29, 1.82) is 0 Å². The Kier molecular flexibility index (Phi) is 6.20. The Labute approximate surface area is 174 Å². The summed E-state index contributed by atoms with van der Waals surface area (Å²) in [4.78, 5) is 11.1. The van der Waals surface area contributed by atoms with Gasteiger partial charge >= 0.3 is 0 Å². The van der Waals surface area contributed by atoms with E-state index in [-0.39, 0.29) is 0 Å². The van der Waals surface area contributed by atoms with Crippen LogP contribution in [0.15, 0.2) is 67.1 Å². The predicted molar refractivity (Wildman–Crippen MR) is 120 cm³/mol. The van der Waals surface area contributed by atoms with Crippen molar-refractivity contribution in [3.63, 3.8) is 0 Å². The molecule has 0 radical (unpaired) electrons. The monoisotopic (exact) mass is 386 g/mol. The van der Waals surface area contributed by atoms with E-state index in [4.69, 9.17) is 0 Å². The Bertz CT molecular complexity index is 917. The van der Waals surface area contributed by atoms with Crippen LogP contribution in [0.25, 0.3) is 11.1 Å². The summed E-state index contributed by atoms with van der Waals surface area (Å²) in [5, 5.41) is 3.79. The predicted octanol–water partition coefficient (Wildman–Crippen LogP) is 4.64. The summed E-state index contributed by atoms with van der Waals surface area (Å²) in [5.74, 6) is 0. The number of aryl methyl sites for hydroxylation is 1. The van der Waals surface area contributed by atoms with Gasteiger partial charge in [-0.1, -0.05) is 36.4 Å². The fourth-order valence-electron chi connectivity index (χ4n) is 4.28. The van der Waals surface area contributed by atoms with E-state index < -0.39 is 0 Å². The van der Waals surface area contributed by atoms with Crippen LogP contribution in [0.5, 0.6) is 0 Å². The molecular formula is C25H30N4. The zero-order chi connectivity index (χ0) is 20.1. The van der Waals surface area contributed by atoms with Crippen LogP contribution < -0.4 is 10.2 Å². The van der Waals surface area contributed by atoms with Gasteiger partial charge in [0.15, 0.2) is 0 Å². The molecule has 0 bridgehead atoms. The van der Waals surface area contributed by atoms with Crippen LogP contribution in [0.3, 0.4) is 0 Å². The number of piperidine rings is 1. The van der Waals surface area contributed by atoms with Gasteiger partial charge in [-0.3, -0.25) is 9.97 Å². The second-order valence-corrected chi connectivity index (χ2v) is 8.10. The van der Waals surface area contributed by atoms with E-state index in [0.29, 0.717) is 12.1 Å². The molecule has 0 aliphatic carbocycles. The highest BCUT2D eigenvalue weighted by Gasteiger charge is 2.21. The Balaban J connectivity index is 1.34. The van der Waals surface area contributed by atoms with Crippen LogP contribution in [0, 0.1) is 6.92 Å². The molecule has 0 unspecified atom stereocenters. The van der Waals surface area contributed by atoms with Crippen LogP contribution in [0.2, 0.25) is 0 Å². The lowest BCUT2D eigenvalue weighted by Gasteiger charge is -2.35. The molecule has 29 heavy (non-hydrogen) atoms. The smallest absolute Gasteiger partial charge is 0.0602 e. The Morgan fingerprint density at radius 1 is 1.07 bits per heavy atom. The average Bonchev–Trinajstić information content (AvgIpc) is 2.75. The van der Waals surface area contributed by atoms with E-state index in [0.717, 1.165) is 25.2 Å². The first kappa shape index (κ1) is 19.6. The Hall–Kier alpha value is -2.72. The van der Waals surface area contributed by atoms with Gasteiger partial charge in [0.1, 0.15) is 0 Å². The van der Waals surface area contributed by atoms with Crippen LogP contribution in [0.1, 0.15) is 31.0 Å². The van der Waals surface area contributed by atoms with Crippen molar-refractivity contribution >= 4 is 5.69 Å². The number of benzene rings is 2. The van der Waals surface area contributed by atoms with Crippen molar-refractivity contribution in [2.45, 2.75) is 45.2 Å². The molecule has 4 heteroatoms. The van der Waals surface area contributed by atoms with Gasteiger partial charge in [0.25, 0.3) is 0 Å². The van der Waals surface area contributed by atoms with Crippen LogP contribution >= 0.6 is 0 Å². The van der Waals surface area contributed by atoms with Crippen molar-refractivity contribution in [3.8, 4) is 11.1 Å². The van der Waals surface area contributed by atoms with E-state index in [1.165, 1.54) is 35.2 Å². The highest BCUT2D eigenvalue weighted by molar-refractivity contribution is 5.71. The minimum atomic E-state index is 0.410. The van der Waals surface area contributed by atoms with Gasteiger partial charge in [-0.05, 0) is 55.5 Å². The van der Waals surface area contributed by atoms with E-state index >= 15 is 0 Å². The SMILES string of the molecule is Cc1ccccc1-c1cccc(N2CCC(N[C@@H](C)Cc3cnccn3)CC2)c1. The highest BCUT2D eigenvalue weighted by atomic mass is 15.1. The summed E-state index contributed by atoms with van der Waals surface area (Å²) in [7, 11) is 0. The first-order valence-corrected chi connectivity index (χ1v) is 10.6. The molecule has 0 amide bonds. The maximum atomic E-state index is 4.39. The summed E-state index contributed by atoms with van der Waals surface area (Å²) in [6, 6.07) is 18.6. The normalized spacial score (nSPS) is 16.0. The second kappa shape index (κ2) is 9.19. The first-order valence-electron chi connectivity index (χ1n) is 10.6. The average molecular weight is 387 g/mol. The van der Waals surface area contributed by atoms with Gasteiger partial charge in [0.05, 0.1) is 5.69 Å². The summed E-state index contributed by atoms with van der Waals surface area (Å²) in [6.07, 6.45) is 8.62. The topological polar surface area (TPSA) is 41.0 Å². The molecule has 0 spiro atoms. The third-order valence-electron chi connectivity index (χ3n) is 5.81. The molecule has 2 heterocycles. The standard InChI is InChI=1S/C25H30N4/c1-19-6-3-4-9-25(19)21-7-5-8-24(17-21)29-14-10-22(11-15-29)28-20(2)16-23-18-26-12-13-27-23/h3-9,12-13,17-18,20,22,28H,10-11,14-16H2,1-2H3/t20-/m0/s1. The molecule has 1 fully saturated rings. The highest BCUT2D eigenvalue weighted by Crippen LogP contribution is 2.28. The molecular weight excluding hydrogens is 356 g/mol. The summed E-state index contributed by atoms with van der Waals surface area (Å²) in [5.41, 5.74) is 6.33. The third kappa shape index (κ3) is 5.01. The molecule has 1 aliphatic rings. The van der Waals surface area contributed by atoms with E-state index in [1.807, 2.05) is 6.20 Å². The minimum absolute atomic E-state index is 0.410. The van der Waals surface area contributed by atoms with Crippen LogP contribution in [-0.2, 0) is 6.42 Å². The van der Waals surface area contributed by atoms with E-state index in [9.17, 15) is 0 Å². The maximum Gasteiger partial charge on any atom is 0.0602 e. The molecule has 3 aromatic rings. The number of hydrogen-bond donors (Lipinski definition) is 1. The van der Waals surface area contributed by atoms with Crippen molar-refractivity contribution < 1.29 is 0 Å². The molecule has 1 aliphatic heterocycles. The van der Waals surface area contributed by atoms with Crippen molar-refractivity contribution in [2.75, 3.05) is 18.0 Å². The van der Waals surface area contributed by atoms with Crippen molar-refractivity contribution in [1.82, 2.24) is 15.3 Å². The quantitative estimate of drug-likeness (QED) is 0.670. The van der Waals surface area contributed by atoms with Gasteiger partial charge in [-0.15, -0.1) is 0 Å². The third-order valence-corrected chi connectivity index (χ3v) is 5.81. The summed E-state index contributed by atoms with van der Waals surface area (Å²) in [6.45, 7) is 6.60. The molecule has 1 saturated heterocycles. The molecule has 4 nitrogen and oxygen atoms in total. The van der Waals surface area contributed by atoms with Gasteiger partial charge in [0, 0.05) is 55.9 Å². The van der Waals surface area contributed by atoms with Crippen molar-refractivity contribution in [2.24, 2.45) is 0 Å².